The molecule has 1 aromatic carbocycles. The Bertz CT molecular complexity index is 390. The standard InChI is InChI=1S/C13H15BrClF/c1-13(8-15,10-2-3-10)7-9-6-11(14)4-5-12(9)16/h4-6,10H,2-3,7-8H2,1H3. The molecule has 16 heavy (non-hydrogen) atoms. The van der Waals surface area contributed by atoms with Crippen LogP contribution >= 0.6 is 27.5 Å². The third-order valence-corrected chi connectivity index (χ3v) is 4.57. The minimum Gasteiger partial charge on any atom is -0.207 e. The van der Waals surface area contributed by atoms with E-state index in [2.05, 4.69) is 22.9 Å². The Morgan fingerprint density at radius 3 is 2.75 bits per heavy atom. The van der Waals surface area contributed by atoms with Crippen LogP contribution < -0.4 is 0 Å². The molecule has 0 spiro atoms. The monoisotopic (exact) mass is 304 g/mol. The SMILES string of the molecule is CC(CCl)(Cc1cc(Br)ccc1F)C1CC1. The molecule has 1 fully saturated rings. The molecule has 0 N–H and O–H groups in total. The van der Waals surface area contributed by atoms with Crippen molar-refractivity contribution < 1.29 is 4.39 Å². The lowest BCUT2D eigenvalue weighted by Crippen LogP contribution is -2.24. The van der Waals surface area contributed by atoms with E-state index >= 15 is 0 Å². The van der Waals surface area contributed by atoms with Crippen LogP contribution in [0.15, 0.2) is 22.7 Å². The quantitative estimate of drug-likeness (QED) is 0.702. The van der Waals surface area contributed by atoms with Crippen molar-refractivity contribution in [1.29, 1.82) is 0 Å². The molecule has 88 valence electrons. The summed E-state index contributed by atoms with van der Waals surface area (Å²) >= 11 is 9.43. The summed E-state index contributed by atoms with van der Waals surface area (Å²) in [4.78, 5) is 0. The predicted molar refractivity (Wildman–Crippen MR) is 69.4 cm³/mol. The summed E-state index contributed by atoms with van der Waals surface area (Å²) in [7, 11) is 0. The zero-order valence-electron chi connectivity index (χ0n) is 9.27. The van der Waals surface area contributed by atoms with Crippen LogP contribution in [0.2, 0.25) is 0 Å². The van der Waals surface area contributed by atoms with E-state index in [-0.39, 0.29) is 11.2 Å². The molecule has 0 heterocycles. The van der Waals surface area contributed by atoms with E-state index in [1.165, 1.54) is 18.9 Å². The van der Waals surface area contributed by atoms with Crippen molar-refractivity contribution in [2.24, 2.45) is 11.3 Å². The molecule has 0 aromatic heterocycles. The molecule has 0 amide bonds. The van der Waals surface area contributed by atoms with Gasteiger partial charge in [0.15, 0.2) is 0 Å². The molecule has 2 rings (SSSR count). The van der Waals surface area contributed by atoms with Crippen LogP contribution in [0.25, 0.3) is 0 Å². The molecule has 0 bridgehead atoms. The Kier molecular flexibility index (Phi) is 3.60. The highest BCUT2D eigenvalue weighted by Gasteiger charge is 2.41. The highest BCUT2D eigenvalue weighted by Crippen LogP contribution is 2.48. The van der Waals surface area contributed by atoms with Crippen LogP contribution in [0, 0.1) is 17.2 Å². The van der Waals surface area contributed by atoms with Gasteiger partial charge in [0.05, 0.1) is 0 Å². The van der Waals surface area contributed by atoms with Crippen molar-refractivity contribution in [2.75, 3.05) is 5.88 Å². The molecular formula is C13H15BrClF. The number of halogens is 3. The van der Waals surface area contributed by atoms with Gasteiger partial charge in [-0.1, -0.05) is 22.9 Å². The number of hydrogen-bond acceptors (Lipinski definition) is 0. The van der Waals surface area contributed by atoms with Gasteiger partial charge < -0.3 is 0 Å². The fourth-order valence-electron chi connectivity index (χ4n) is 2.19. The third kappa shape index (κ3) is 2.60. The van der Waals surface area contributed by atoms with Crippen LogP contribution in [0.5, 0.6) is 0 Å². The van der Waals surface area contributed by atoms with Crippen molar-refractivity contribution in [1.82, 2.24) is 0 Å². The first-order chi connectivity index (χ1) is 7.55. The molecule has 1 aliphatic rings. The van der Waals surface area contributed by atoms with Crippen LogP contribution in [-0.2, 0) is 6.42 Å². The van der Waals surface area contributed by atoms with Gasteiger partial charge in [0.2, 0.25) is 0 Å². The lowest BCUT2D eigenvalue weighted by molar-refractivity contribution is 0.309. The van der Waals surface area contributed by atoms with Crippen molar-refractivity contribution in [3.63, 3.8) is 0 Å². The molecule has 3 heteroatoms. The van der Waals surface area contributed by atoms with Crippen molar-refractivity contribution in [3.05, 3.63) is 34.1 Å². The highest BCUT2D eigenvalue weighted by molar-refractivity contribution is 9.10. The molecule has 1 unspecified atom stereocenters. The molecule has 1 aliphatic carbocycles. The van der Waals surface area contributed by atoms with Gasteiger partial charge in [-0.15, -0.1) is 11.6 Å². The van der Waals surface area contributed by atoms with Gasteiger partial charge >= 0.3 is 0 Å². The van der Waals surface area contributed by atoms with Crippen molar-refractivity contribution in [3.8, 4) is 0 Å². The van der Waals surface area contributed by atoms with Crippen LogP contribution in [0.1, 0.15) is 25.3 Å². The second kappa shape index (κ2) is 4.66. The largest absolute Gasteiger partial charge is 0.207 e. The van der Waals surface area contributed by atoms with Gasteiger partial charge in [-0.25, -0.2) is 4.39 Å². The van der Waals surface area contributed by atoms with Crippen molar-refractivity contribution >= 4 is 27.5 Å². The fourth-order valence-corrected chi connectivity index (χ4v) is 2.92. The Morgan fingerprint density at radius 2 is 2.19 bits per heavy atom. The summed E-state index contributed by atoms with van der Waals surface area (Å²) in [5, 5.41) is 0. The predicted octanol–water partition coefficient (Wildman–Crippen LogP) is 4.79. The fraction of sp³-hybridized carbons (Fsp3) is 0.538. The first-order valence-electron chi connectivity index (χ1n) is 5.55. The van der Waals surface area contributed by atoms with E-state index in [9.17, 15) is 4.39 Å². The Hall–Kier alpha value is -0.0800. The summed E-state index contributed by atoms with van der Waals surface area (Å²) < 4.78 is 14.6. The number of alkyl halides is 1. The van der Waals surface area contributed by atoms with Crippen molar-refractivity contribution in [2.45, 2.75) is 26.2 Å². The summed E-state index contributed by atoms with van der Waals surface area (Å²) in [5.41, 5.74) is 0.813. The molecule has 1 saturated carbocycles. The Labute approximate surface area is 109 Å². The first-order valence-corrected chi connectivity index (χ1v) is 6.88. The second-order valence-electron chi connectivity index (χ2n) is 4.97. The summed E-state index contributed by atoms with van der Waals surface area (Å²) in [6.07, 6.45) is 3.20. The third-order valence-electron chi connectivity index (χ3n) is 3.47. The Morgan fingerprint density at radius 1 is 1.50 bits per heavy atom. The van der Waals surface area contributed by atoms with Gasteiger partial charge in [0.1, 0.15) is 5.82 Å². The number of rotatable bonds is 4. The van der Waals surface area contributed by atoms with Crippen LogP contribution in [0.3, 0.4) is 0 Å². The molecule has 0 saturated heterocycles. The van der Waals surface area contributed by atoms with E-state index in [0.29, 0.717) is 11.8 Å². The average molecular weight is 306 g/mol. The van der Waals surface area contributed by atoms with Gasteiger partial charge in [-0.05, 0) is 54.4 Å². The maximum absolute atomic E-state index is 13.7. The minimum absolute atomic E-state index is 0.0448. The van der Waals surface area contributed by atoms with Gasteiger partial charge in [-0.2, -0.15) is 0 Å². The zero-order chi connectivity index (χ0) is 11.8. The minimum atomic E-state index is -0.125. The number of benzene rings is 1. The maximum Gasteiger partial charge on any atom is 0.126 e. The number of hydrogen-bond donors (Lipinski definition) is 0. The van der Waals surface area contributed by atoms with E-state index in [1.54, 1.807) is 6.07 Å². The molecular weight excluding hydrogens is 290 g/mol. The maximum atomic E-state index is 13.7. The molecule has 1 aromatic rings. The van der Waals surface area contributed by atoms with E-state index < -0.39 is 0 Å². The molecule has 0 aliphatic heterocycles. The lowest BCUT2D eigenvalue weighted by Gasteiger charge is -2.27. The van der Waals surface area contributed by atoms with E-state index in [4.69, 9.17) is 11.6 Å². The second-order valence-corrected chi connectivity index (χ2v) is 6.16. The lowest BCUT2D eigenvalue weighted by atomic mass is 9.81. The average Bonchev–Trinajstić information content (AvgIpc) is 3.07. The first kappa shape index (κ1) is 12.4. The van der Waals surface area contributed by atoms with Gasteiger partial charge in [-0.3, -0.25) is 0 Å². The summed E-state index contributed by atoms with van der Waals surface area (Å²) in [5.74, 6) is 1.15. The van der Waals surface area contributed by atoms with E-state index in [1.807, 2.05) is 6.07 Å². The molecule has 1 atom stereocenters. The topological polar surface area (TPSA) is 0 Å². The van der Waals surface area contributed by atoms with Gasteiger partial charge in [0, 0.05) is 10.4 Å². The summed E-state index contributed by atoms with van der Waals surface area (Å²) in [6, 6.07) is 5.11. The molecule has 0 radical (unpaired) electrons. The van der Waals surface area contributed by atoms with Crippen LogP contribution in [0.4, 0.5) is 4.39 Å². The highest BCUT2D eigenvalue weighted by atomic mass is 79.9. The normalized spacial score (nSPS) is 19.5. The van der Waals surface area contributed by atoms with Crippen LogP contribution in [-0.4, -0.2) is 5.88 Å². The smallest absolute Gasteiger partial charge is 0.126 e. The van der Waals surface area contributed by atoms with E-state index in [0.717, 1.165) is 16.5 Å². The summed E-state index contributed by atoms with van der Waals surface area (Å²) in [6.45, 7) is 2.16. The van der Waals surface area contributed by atoms with Gasteiger partial charge in [0.25, 0.3) is 0 Å². The zero-order valence-corrected chi connectivity index (χ0v) is 11.6. The molecule has 0 nitrogen and oxygen atoms in total. The Balaban J connectivity index is 2.21.